The van der Waals surface area contributed by atoms with Crippen LogP contribution in [0.5, 0.6) is 0 Å². The fourth-order valence-corrected chi connectivity index (χ4v) is 13.8. The molecule has 14 aromatic carbocycles. The van der Waals surface area contributed by atoms with Crippen molar-refractivity contribution < 1.29 is 8.83 Å². The van der Waals surface area contributed by atoms with Gasteiger partial charge in [-0.05, 0) is 92.5 Å². The van der Waals surface area contributed by atoms with Crippen LogP contribution < -0.4 is 0 Å². The SMILES string of the molecule is Clc1nc(-c2ccccc2)nc(-c2ccc(-c3ccccc3)cc2)n1.c1ccc(-c2ccc(-c3nc(-c4ccccc4)nc(-n4c5cc(-c6ccccc6)ccc5c5ccc6c7ccccc7oc6c54)n3)cc2)cc1.c1ccc(-c2ccc3c(c2)[nH]c2c3ccc3c4ccccc4oc32)cc1. The van der Waals surface area contributed by atoms with Crippen molar-refractivity contribution in [2.24, 2.45) is 0 Å². The van der Waals surface area contributed by atoms with Crippen LogP contribution in [0.2, 0.25) is 5.28 Å². The molecule has 20 aromatic rings. The molecule has 101 heavy (non-hydrogen) atoms. The molecule has 0 fully saturated rings. The van der Waals surface area contributed by atoms with Crippen molar-refractivity contribution >= 4 is 99.1 Å². The Hall–Kier alpha value is -13.4. The van der Waals surface area contributed by atoms with E-state index in [2.05, 4.69) is 231 Å². The first kappa shape index (κ1) is 60.0. The fraction of sp³-hybridized carbons (Fsp3) is 0. The Morgan fingerprint density at radius 2 is 0.594 bits per heavy atom. The predicted octanol–water partition coefficient (Wildman–Crippen LogP) is 23.9. The minimum atomic E-state index is 0.191. The van der Waals surface area contributed by atoms with Gasteiger partial charge in [-0.2, -0.15) is 19.9 Å². The Kier molecular flexibility index (Phi) is 15.4. The number of aromatic amines is 1. The van der Waals surface area contributed by atoms with E-state index >= 15 is 0 Å². The number of H-pyrrole nitrogens is 1. The van der Waals surface area contributed by atoms with Gasteiger partial charge in [0.2, 0.25) is 11.2 Å². The van der Waals surface area contributed by atoms with Crippen LogP contribution in [0.15, 0.2) is 349 Å². The Morgan fingerprint density at radius 3 is 1.09 bits per heavy atom. The van der Waals surface area contributed by atoms with Gasteiger partial charge in [-0.15, -0.1) is 0 Å². The van der Waals surface area contributed by atoms with Gasteiger partial charge in [0.05, 0.1) is 11.0 Å². The molecule has 11 heteroatoms. The number of nitrogens with zero attached hydrogens (tertiary/aromatic N) is 7. The van der Waals surface area contributed by atoms with Crippen LogP contribution >= 0.6 is 11.6 Å². The summed E-state index contributed by atoms with van der Waals surface area (Å²) in [6.45, 7) is 0. The lowest BCUT2D eigenvalue weighted by molar-refractivity contribution is 0.670. The summed E-state index contributed by atoms with van der Waals surface area (Å²) in [5.41, 5.74) is 20.6. The lowest BCUT2D eigenvalue weighted by Gasteiger charge is -2.12. The summed E-state index contributed by atoms with van der Waals surface area (Å²) >= 11 is 6.11. The van der Waals surface area contributed by atoms with Crippen LogP contribution in [-0.2, 0) is 0 Å². The molecule has 476 valence electrons. The van der Waals surface area contributed by atoms with Crippen LogP contribution in [0.4, 0.5) is 0 Å². The molecule has 0 saturated carbocycles. The van der Waals surface area contributed by atoms with E-state index in [9.17, 15) is 0 Å². The Labute approximate surface area is 584 Å². The lowest BCUT2D eigenvalue weighted by Crippen LogP contribution is -2.06. The summed E-state index contributed by atoms with van der Waals surface area (Å²) in [6.07, 6.45) is 0. The monoisotopic (exact) mass is 1320 g/mol. The molecule has 0 aliphatic rings. The molecular formula is C90H57ClN8O2. The Bertz CT molecular complexity index is 6420. The molecular weight excluding hydrogens is 1260 g/mol. The maximum Gasteiger partial charge on any atom is 0.238 e. The molecule has 0 aliphatic carbocycles. The first-order valence-electron chi connectivity index (χ1n) is 33.4. The minimum Gasteiger partial charge on any atom is -0.454 e. The van der Waals surface area contributed by atoms with Gasteiger partial charge < -0.3 is 13.8 Å². The standard InChI is InChI=1S/C45H28N4O.C24H15NO.C21H14ClN3/c1-4-12-29(13-5-1)31-20-22-33(23-21-31)44-46-43(32-16-8-3-9-17-32)47-45(48-44)49-39-28-34(30-14-6-2-7-15-30)24-25-35(39)37-26-27-38-36-18-10-11-19-40(36)50-42(38)41(37)49;1-2-6-15(7-3-1)16-10-11-17-19-12-13-20-18-8-4-5-9-22(18)26-24(20)23(19)25-21(17)14-16;22-21-24-19(17-9-5-2-6-10-17)23-20(25-21)18-13-11-16(12-14-18)15-7-3-1-4-8-15/h1-28H;1-14,25H;1-14H. The number of rotatable bonds is 9. The first-order valence-corrected chi connectivity index (χ1v) is 33.8. The van der Waals surface area contributed by atoms with E-state index in [0.29, 0.717) is 29.2 Å². The molecule has 0 spiro atoms. The van der Waals surface area contributed by atoms with Gasteiger partial charge in [0, 0.05) is 70.9 Å². The van der Waals surface area contributed by atoms with E-state index in [1.807, 2.05) is 133 Å². The number of aromatic nitrogens is 8. The number of hydrogen-bond acceptors (Lipinski definition) is 8. The average Bonchev–Trinajstić information content (AvgIpc) is 1.57. The highest BCUT2D eigenvalue weighted by Crippen LogP contribution is 2.43. The number of furan rings is 2. The summed E-state index contributed by atoms with van der Waals surface area (Å²) in [4.78, 5) is 32.2. The molecule has 20 rings (SSSR count). The fourth-order valence-electron chi connectivity index (χ4n) is 13.7. The number of para-hydroxylation sites is 2. The average molecular weight is 1320 g/mol. The Morgan fingerprint density at radius 1 is 0.257 bits per heavy atom. The summed E-state index contributed by atoms with van der Waals surface area (Å²) in [5.74, 6) is 2.86. The largest absolute Gasteiger partial charge is 0.454 e. The molecule has 10 nitrogen and oxygen atoms in total. The van der Waals surface area contributed by atoms with Crippen LogP contribution in [0.25, 0.3) is 183 Å². The van der Waals surface area contributed by atoms with Gasteiger partial charge in [0.25, 0.3) is 0 Å². The number of halogens is 1. The van der Waals surface area contributed by atoms with Gasteiger partial charge in [0.15, 0.2) is 34.5 Å². The summed E-state index contributed by atoms with van der Waals surface area (Å²) < 4.78 is 15.0. The van der Waals surface area contributed by atoms with E-state index in [0.717, 1.165) is 127 Å². The van der Waals surface area contributed by atoms with Gasteiger partial charge >= 0.3 is 0 Å². The van der Waals surface area contributed by atoms with Gasteiger partial charge in [-0.25, -0.2) is 9.97 Å². The van der Waals surface area contributed by atoms with Crippen LogP contribution in [0.3, 0.4) is 0 Å². The van der Waals surface area contributed by atoms with Crippen LogP contribution in [0, 0.1) is 0 Å². The normalized spacial score (nSPS) is 11.4. The molecule has 0 atom stereocenters. The Balaban J connectivity index is 0.000000120. The second-order valence-corrected chi connectivity index (χ2v) is 25.1. The van der Waals surface area contributed by atoms with E-state index in [1.165, 1.54) is 27.5 Å². The van der Waals surface area contributed by atoms with Gasteiger partial charge in [-0.1, -0.05) is 303 Å². The highest BCUT2D eigenvalue weighted by molar-refractivity contribution is 6.28. The molecule has 6 heterocycles. The zero-order valence-electron chi connectivity index (χ0n) is 54.2. The maximum atomic E-state index is 6.67. The maximum absolute atomic E-state index is 6.67. The third kappa shape index (κ3) is 11.5. The third-order valence-corrected chi connectivity index (χ3v) is 18.8. The quantitative estimate of drug-likeness (QED) is 0.152. The lowest BCUT2D eigenvalue weighted by atomic mass is 10.0. The van der Waals surface area contributed by atoms with Gasteiger partial charge in [0.1, 0.15) is 16.7 Å². The summed E-state index contributed by atoms with van der Waals surface area (Å²) in [7, 11) is 0. The summed E-state index contributed by atoms with van der Waals surface area (Å²) in [6, 6.07) is 116. The van der Waals surface area contributed by atoms with Crippen molar-refractivity contribution in [3.05, 3.63) is 345 Å². The van der Waals surface area contributed by atoms with Crippen molar-refractivity contribution in [3.8, 4) is 96.0 Å². The molecule has 0 radical (unpaired) electrons. The molecule has 0 unspecified atom stereocenters. The topological polar surface area (TPSA) is 124 Å². The molecule has 0 amide bonds. The molecule has 6 aromatic heterocycles. The third-order valence-electron chi connectivity index (χ3n) is 18.6. The molecule has 1 N–H and O–H groups in total. The second kappa shape index (κ2) is 25.9. The zero-order valence-corrected chi connectivity index (χ0v) is 54.9. The second-order valence-electron chi connectivity index (χ2n) is 24.7. The predicted molar refractivity (Wildman–Crippen MR) is 413 cm³/mol. The first-order chi connectivity index (χ1) is 50.0. The van der Waals surface area contributed by atoms with E-state index in [1.54, 1.807) is 0 Å². The van der Waals surface area contributed by atoms with E-state index in [-0.39, 0.29) is 5.28 Å². The molecule has 0 aliphatic heterocycles. The number of fused-ring (bicyclic) bond motifs is 14. The van der Waals surface area contributed by atoms with Gasteiger partial charge in [-0.3, -0.25) is 4.57 Å². The van der Waals surface area contributed by atoms with Crippen molar-refractivity contribution in [1.82, 2.24) is 39.5 Å². The van der Waals surface area contributed by atoms with E-state index in [4.69, 9.17) is 35.4 Å². The minimum absolute atomic E-state index is 0.191. The van der Waals surface area contributed by atoms with Crippen LogP contribution in [-0.4, -0.2) is 39.5 Å². The van der Waals surface area contributed by atoms with Crippen molar-refractivity contribution in [2.75, 3.05) is 0 Å². The number of nitrogens with one attached hydrogen (secondary N) is 1. The van der Waals surface area contributed by atoms with Crippen molar-refractivity contribution in [3.63, 3.8) is 0 Å². The highest BCUT2D eigenvalue weighted by Gasteiger charge is 2.24. The highest BCUT2D eigenvalue weighted by atomic mass is 35.5. The zero-order chi connectivity index (χ0) is 67.2. The molecule has 0 bridgehead atoms. The number of hydrogen-bond donors (Lipinski definition) is 1. The smallest absolute Gasteiger partial charge is 0.238 e. The van der Waals surface area contributed by atoms with E-state index < -0.39 is 0 Å². The molecule has 0 saturated heterocycles. The van der Waals surface area contributed by atoms with Crippen molar-refractivity contribution in [2.45, 2.75) is 0 Å². The summed E-state index contributed by atoms with van der Waals surface area (Å²) in [5, 5.41) is 9.22. The number of benzene rings is 14. The van der Waals surface area contributed by atoms with Crippen LogP contribution in [0.1, 0.15) is 0 Å². The van der Waals surface area contributed by atoms with Crippen molar-refractivity contribution in [1.29, 1.82) is 0 Å².